The van der Waals surface area contributed by atoms with Crippen molar-refractivity contribution in [1.82, 2.24) is 10.3 Å². The van der Waals surface area contributed by atoms with Crippen LogP contribution in [-0.2, 0) is 17.8 Å². The summed E-state index contributed by atoms with van der Waals surface area (Å²) in [6.45, 7) is 0.136. The standard InChI is InChI=1S/C25H21BrN2O3/c26-20-10-6-9-18(13-20)24(29)23(14-19-15-27-22-12-5-4-11-21(19)22)28-25(30)31-16-17-7-2-1-3-8-17/h1-13,15,23,27H,14,16H2,(H,28,30)/t23-/m0/s1. The van der Waals surface area contributed by atoms with Crippen LogP contribution in [0.1, 0.15) is 21.5 Å². The third-order valence-corrected chi connectivity index (χ3v) is 5.52. The molecule has 2 N–H and O–H groups in total. The summed E-state index contributed by atoms with van der Waals surface area (Å²) in [4.78, 5) is 29.0. The van der Waals surface area contributed by atoms with Crippen LogP contribution in [0.15, 0.2) is 89.5 Å². The number of alkyl carbamates (subject to hydrolysis) is 1. The number of Topliss-reactive ketones (excluding diaryl/α,β-unsaturated/α-hetero) is 1. The van der Waals surface area contributed by atoms with E-state index in [1.54, 1.807) is 18.2 Å². The maximum Gasteiger partial charge on any atom is 0.408 e. The number of benzene rings is 3. The first-order chi connectivity index (χ1) is 15.1. The molecule has 1 aromatic heterocycles. The van der Waals surface area contributed by atoms with Crippen LogP contribution >= 0.6 is 15.9 Å². The second-order valence-electron chi connectivity index (χ2n) is 7.20. The summed E-state index contributed by atoms with van der Waals surface area (Å²) < 4.78 is 6.16. The molecule has 0 radical (unpaired) electrons. The molecular weight excluding hydrogens is 456 g/mol. The van der Waals surface area contributed by atoms with Crippen molar-refractivity contribution in [2.45, 2.75) is 19.1 Å². The molecule has 4 aromatic rings. The smallest absolute Gasteiger partial charge is 0.408 e. The molecule has 1 amide bonds. The fourth-order valence-corrected chi connectivity index (χ4v) is 3.88. The van der Waals surface area contributed by atoms with Gasteiger partial charge >= 0.3 is 6.09 Å². The van der Waals surface area contributed by atoms with Crippen molar-refractivity contribution in [1.29, 1.82) is 0 Å². The van der Waals surface area contributed by atoms with E-state index in [0.717, 1.165) is 26.5 Å². The number of aromatic amines is 1. The topological polar surface area (TPSA) is 71.2 Å². The largest absolute Gasteiger partial charge is 0.445 e. The van der Waals surface area contributed by atoms with Gasteiger partial charge in [0.2, 0.25) is 0 Å². The van der Waals surface area contributed by atoms with E-state index in [1.165, 1.54) is 0 Å². The quantitative estimate of drug-likeness (QED) is 0.338. The van der Waals surface area contributed by atoms with Crippen LogP contribution in [0.3, 0.4) is 0 Å². The number of carbonyl (C=O) groups excluding carboxylic acids is 2. The molecule has 4 rings (SSSR count). The van der Waals surface area contributed by atoms with E-state index in [-0.39, 0.29) is 12.4 Å². The Morgan fingerprint density at radius 3 is 2.55 bits per heavy atom. The highest BCUT2D eigenvalue weighted by Gasteiger charge is 2.24. The van der Waals surface area contributed by atoms with E-state index >= 15 is 0 Å². The van der Waals surface area contributed by atoms with E-state index in [2.05, 4.69) is 26.2 Å². The van der Waals surface area contributed by atoms with Gasteiger partial charge in [0.15, 0.2) is 5.78 Å². The van der Waals surface area contributed by atoms with Gasteiger partial charge in [-0.05, 0) is 29.3 Å². The lowest BCUT2D eigenvalue weighted by Gasteiger charge is -2.18. The molecule has 6 heteroatoms. The molecule has 1 heterocycles. The molecule has 0 saturated heterocycles. The molecule has 3 aromatic carbocycles. The lowest BCUT2D eigenvalue weighted by Crippen LogP contribution is -2.42. The summed E-state index contributed by atoms with van der Waals surface area (Å²) in [5.74, 6) is -0.178. The molecule has 1 atom stereocenters. The van der Waals surface area contributed by atoms with Gasteiger partial charge in [-0.2, -0.15) is 0 Å². The van der Waals surface area contributed by atoms with Gasteiger partial charge in [-0.25, -0.2) is 4.79 Å². The van der Waals surface area contributed by atoms with Crippen LogP contribution in [0.25, 0.3) is 10.9 Å². The highest BCUT2D eigenvalue weighted by molar-refractivity contribution is 9.10. The Morgan fingerprint density at radius 2 is 1.74 bits per heavy atom. The van der Waals surface area contributed by atoms with Gasteiger partial charge in [0, 0.05) is 33.6 Å². The summed E-state index contributed by atoms with van der Waals surface area (Å²) in [7, 11) is 0. The van der Waals surface area contributed by atoms with Crippen molar-refractivity contribution < 1.29 is 14.3 Å². The van der Waals surface area contributed by atoms with Crippen LogP contribution in [0, 0.1) is 0 Å². The van der Waals surface area contributed by atoms with Crippen molar-refractivity contribution in [2.75, 3.05) is 0 Å². The molecule has 31 heavy (non-hydrogen) atoms. The average molecular weight is 477 g/mol. The number of fused-ring (bicyclic) bond motifs is 1. The lowest BCUT2D eigenvalue weighted by atomic mass is 9.97. The molecule has 0 saturated carbocycles. The summed E-state index contributed by atoms with van der Waals surface area (Å²) >= 11 is 3.41. The third kappa shape index (κ3) is 5.22. The van der Waals surface area contributed by atoms with Gasteiger partial charge < -0.3 is 15.0 Å². The number of hydrogen-bond acceptors (Lipinski definition) is 3. The zero-order valence-electron chi connectivity index (χ0n) is 16.7. The Balaban J connectivity index is 1.54. The number of hydrogen-bond donors (Lipinski definition) is 2. The molecule has 0 bridgehead atoms. The van der Waals surface area contributed by atoms with E-state index in [4.69, 9.17) is 4.74 Å². The summed E-state index contributed by atoms with van der Waals surface area (Å²) in [5.41, 5.74) is 3.33. The number of nitrogens with one attached hydrogen (secondary N) is 2. The van der Waals surface area contributed by atoms with Gasteiger partial charge in [-0.1, -0.05) is 76.6 Å². The highest BCUT2D eigenvalue weighted by atomic mass is 79.9. The Morgan fingerprint density at radius 1 is 0.968 bits per heavy atom. The monoisotopic (exact) mass is 476 g/mol. The number of ketones is 1. The fraction of sp³-hybridized carbons (Fsp3) is 0.120. The van der Waals surface area contributed by atoms with Gasteiger partial charge in [-0.3, -0.25) is 4.79 Å². The number of amides is 1. The first-order valence-electron chi connectivity index (χ1n) is 9.92. The molecule has 0 aliphatic rings. The number of para-hydroxylation sites is 1. The summed E-state index contributed by atoms with van der Waals surface area (Å²) in [6, 6.07) is 23.7. The van der Waals surface area contributed by atoms with Crippen LogP contribution in [-0.4, -0.2) is 22.9 Å². The molecule has 0 fully saturated rings. The number of aromatic nitrogens is 1. The first-order valence-corrected chi connectivity index (χ1v) is 10.7. The molecule has 0 aliphatic carbocycles. The number of carbonyl (C=O) groups is 2. The zero-order valence-corrected chi connectivity index (χ0v) is 18.3. The second kappa shape index (κ2) is 9.62. The van der Waals surface area contributed by atoms with Crippen molar-refractivity contribution in [2.24, 2.45) is 0 Å². The highest BCUT2D eigenvalue weighted by Crippen LogP contribution is 2.21. The predicted octanol–water partition coefficient (Wildman–Crippen LogP) is 5.65. The first kappa shape index (κ1) is 20.9. The third-order valence-electron chi connectivity index (χ3n) is 5.03. The van der Waals surface area contributed by atoms with Crippen LogP contribution in [0.4, 0.5) is 4.79 Å². The SMILES string of the molecule is O=C(N[C@@H](Cc1c[nH]c2ccccc12)C(=O)c1cccc(Br)c1)OCc1ccccc1. The number of H-pyrrole nitrogens is 1. The summed E-state index contributed by atoms with van der Waals surface area (Å²) in [6.07, 6.45) is 1.59. The van der Waals surface area contributed by atoms with Crippen molar-refractivity contribution >= 4 is 38.7 Å². The molecule has 0 aliphatic heterocycles. The maximum absolute atomic E-state index is 13.3. The molecule has 0 unspecified atom stereocenters. The molecule has 156 valence electrons. The van der Waals surface area contributed by atoms with Crippen molar-refractivity contribution in [3.8, 4) is 0 Å². The van der Waals surface area contributed by atoms with Gasteiger partial charge in [0.25, 0.3) is 0 Å². The Hall–Kier alpha value is -3.38. The average Bonchev–Trinajstić information content (AvgIpc) is 3.20. The normalized spacial score (nSPS) is 11.8. The van der Waals surface area contributed by atoms with Crippen LogP contribution in [0.5, 0.6) is 0 Å². The molecule has 0 spiro atoms. The minimum absolute atomic E-state index is 0.136. The fourth-order valence-electron chi connectivity index (χ4n) is 3.48. The van der Waals surface area contributed by atoms with Crippen LogP contribution < -0.4 is 5.32 Å². The Bertz CT molecular complexity index is 1200. The lowest BCUT2D eigenvalue weighted by molar-refractivity contribution is 0.0916. The zero-order chi connectivity index (χ0) is 21.6. The number of halogens is 1. The second-order valence-corrected chi connectivity index (χ2v) is 8.11. The number of ether oxygens (including phenoxy) is 1. The van der Waals surface area contributed by atoms with Crippen molar-refractivity contribution in [3.63, 3.8) is 0 Å². The summed E-state index contributed by atoms with van der Waals surface area (Å²) in [5, 5.41) is 3.79. The Labute approximate surface area is 188 Å². The van der Waals surface area contributed by atoms with E-state index in [0.29, 0.717) is 12.0 Å². The Kier molecular flexibility index (Phi) is 6.48. The van der Waals surface area contributed by atoms with Crippen molar-refractivity contribution in [3.05, 3.63) is 106 Å². The van der Waals surface area contributed by atoms with Gasteiger partial charge in [-0.15, -0.1) is 0 Å². The van der Waals surface area contributed by atoms with Gasteiger partial charge in [0.1, 0.15) is 6.61 Å². The number of rotatable bonds is 7. The molecular formula is C25H21BrN2O3. The van der Waals surface area contributed by atoms with E-state index in [9.17, 15) is 9.59 Å². The maximum atomic E-state index is 13.3. The van der Waals surface area contributed by atoms with E-state index in [1.807, 2.05) is 66.9 Å². The van der Waals surface area contributed by atoms with E-state index < -0.39 is 12.1 Å². The van der Waals surface area contributed by atoms with Crippen LogP contribution in [0.2, 0.25) is 0 Å². The molecule has 5 nitrogen and oxygen atoms in total. The minimum atomic E-state index is -0.767. The minimum Gasteiger partial charge on any atom is -0.445 e. The van der Waals surface area contributed by atoms with Gasteiger partial charge in [0.05, 0.1) is 6.04 Å². The predicted molar refractivity (Wildman–Crippen MR) is 124 cm³/mol.